The van der Waals surface area contributed by atoms with E-state index in [9.17, 15) is 9.90 Å². The van der Waals surface area contributed by atoms with Gasteiger partial charge in [-0.3, -0.25) is 0 Å². The number of carboxylic acids is 1. The van der Waals surface area contributed by atoms with Crippen LogP contribution in [-0.2, 0) is 9.59 Å². The van der Waals surface area contributed by atoms with Crippen molar-refractivity contribution in [2.45, 2.75) is 12.7 Å². The van der Waals surface area contributed by atoms with E-state index in [4.69, 9.17) is 30.5 Å². The zero-order chi connectivity index (χ0) is 34.4. The van der Waals surface area contributed by atoms with Gasteiger partial charge in [0.15, 0.2) is 0 Å². The third kappa shape index (κ3) is 3.76. The molecule has 170 valence electrons. The largest absolute Gasteiger partial charge is 0.545 e. The third-order valence-corrected chi connectivity index (χ3v) is 5.29. The molecule has 34 heavy (non-hydrogen) atoms. The first-order valence-corrected chi connectivity index (χ1v) is 9.87. The lowest BCUT2D eigenvalue weighted by Gasteiger charge is -2.33. The van der Waals surface area contributed by atoms with Crippen molar-refractivity contribution in [3.05, 3.63) is 71.6 Å². The van der Waals surface area contributed by atoms with Gasteiger partial charge in [-0.2, -0.15) is 9.59 Å². The Hall–Kier alpha value is -4.22. The lowest BCUT2D eigenvalue weighted by Crippen LogP contribution is -2.40. The molecule has 6 rings (SSSR count). The fraction of sp³-hybridized carbons (Fsp3) is 0.222. The van der Waals surface area contributed by atoms with E-state index in [0.29, 0.717) is 26.0 Å². The molecule has 0 N–H and O–H groups in total. The second-order valence-electron chi connectivity index (χ2n) is 7.12. The van der Waals surface area contributed by atoms with Crippen LogP contribution < -0.4 is 19.9 Å². The number of rotatable bonds is 3. The van der Waals surface area contributed by atoms with Crippen LogP contribution >= 0.6 is 0 Å². The summed E-state index contributed by atoms with van der Waals surface area (Å²) >= 11 is 0. The van der Waals surface area contributed by atoms with Gasteiger partial charge in [0, 0.05) is 63.9 Å². The molecule has 0 radical (unpaired) electrons. The number of aromatic carboxylic acids is 1. The zero-order valence-electron chi connectivity index (χ0n) is 29.2. The number of hydrogen-bond acceptors (Lipinski definition) is 6. The minimum absolute atomic E-state index is 0.00863. The van der Waals surface area contributed by atoms with Crippen molar-refractivity contribution < 1.29 is 40.4 Å². The number of benzene rings is 3. The summed E-state index contributed by atoms with van der Waals surface area (Å²) in [4.78, 5) is 29.0. The van der Waals surface area contributed by atoms with Crippen LogP contribution in [0.1, 0.15) is 39.6 Å². The normalized spacial score (nSPS) is 28.7. The van der Waals surface area contributed by atoms with E-state index in [1.165, 1.54) is 54.6 Å². The Balaban J connectivity index is 0.00000134. The Morgan fingerprint density at radius 1 is 1.00 bits per heavy atom. The number of carboxylic acid groups (broad SMARTS) is 1. The molecule has 0 atom stereocenters. The van der Waals surface area contributed by atoms with E-state index in [2.05, 4.69) is 0 Å². The molecule has 0 saturated carbocycles. The summed E-state index contributed by atoms with van der Waals surface area (Å²) < 4.78 is 104. The molecule has 2 fully saturated rings. The van der Waals surface area contributed by atoms with Gasteiger partial charge in [-0.1, -0.05) is 24.3 Å². The minimum atomic E-state index is -2.84. The van der Waals surface area contributed by atoms with Gasteiger partial charge in [-0.05, 0) is 30.1 Å². The number of carbonyl (C=O) groups excluding carboxylic acids is 3. The van der Waals surface area contributed by atoms with Crippen LogP contribution in [0.4, 0.5) is 5.69 Å². The highest BCUT2D eigenvalue weighted by Crippen LogP contribution is 2.42. The van der Waals surface area contributed by atoms with Crippen LogP contribution in [0.15, 0.2) is 65.1 Å². The standard InChI is InChI=1S/C26H22N2O3.CO2/c29-26(30)20-6-2-1-5-19(20)25-21-9-7-17(27-11-3-12-27)15-23(21)31-24-16-18(8-10-22(24)25)28-13-4-14-28;2-1-3/h1-2,5-10,15-16H,3-4,11-14H2;/i3D2,4D2,11D2,12D2,13D2,14D2;. The van der Waals surface area contributed by atoms with Crippen molar-refractivity contribution in [3.8, 4) is 22.5 Å². The zero-order valence-corrected chi connectivity index (χ0v) is 17.2. The second-order valence-corrected chi connectivity index (χ2v) is 7.12. The smallest absolute Gasteiger partial charge is 0.373 e. The Morgan fingerprint density at radius 3 is 2.53 bits per heavy atom. The van der Waals surface area contributed by atoms with Crippen LogP contribution in [0.25, 0.3) is 33.4 Å². The molecule has 0 amide bonds. The molecule has 0 bridgehead atoms. The number of carbonyl (C=O) groups is 1. The van der Waals surface area contributed by atoms with Crippen molar-refractivity contribution in [2.24, 2.45) is 0 Å². The molecule has 1 aliphatic carbocycles. The quantitative estimate of drug-likeness (QED) is 0.340. The Kier molecular flexibility index (Phi) is 3.10. The molecule has 0 spiro atoms. The lowest BCUT2D eigenvalue weighted by atomic mass is 9.90. The lowest BCUT2D eigenvalue weighted by molar-refractivity contribution is -0.255. The Labute approximate surface area is 212 Å². The van der Waals surface area contributed by atoms with Crippen molar-refractivity contribution in [3.63, 3.8) is 0 Å². The topological polar surface area (TPSA) is 93.7 Å². The number of nitrogens with zero attached hydrogens (tertiary/aromatic N) is 2. The van der Waals surface area contributed by atoms with E-state index < -0.39 is 44.7 Å². The summed E-state index contributed by atoms with van der Waals surface area (Å²) in [5.74, 6) is -1.46. The molecular formula is C27H22N2O5. The Bertz CT molecular complexity index is 1960. The molecule has 0 aromatic heterocycles. The van der Waals surface area contributed by atoms with E-state index >= 15 is 0 Å². The SMILES string of the molecule is O=C=O.[2H]C1([2H])N(c2ccc3c(-c4ccccc4C(=O)[O-])c4ccc(=[N+]5C([2H])([2H])C([2H])([2H])C5([2H])[2H])cc-4oc3c2)C([2H])([2H])C1([2H])[2H]. The summed E-state index contributed by atoms with van der Waals surface area (Å²) in [5.41, 5.74) is 0.633. The predicted molar refractivity (Wildman–Crippen MR) is 124 cm³/mol. The van der Waals surface area contributed by atoms with Gasteiger partial charge in [0.2, 0.25) is 5.36 Å². The van der Waals surface area contributed by atoms with E-state index in [0.717, 1.165) is 0 Å². The second kappa shape index (κ2) is 8.96. The molecule has 2 aromatic carbocycles. The summed E-state index contributed by atoms with van der Waals surface area (Å²) in [6.45, 7) is -10.9. The van der Waals surface area contributed by atoms with Crippen LogP contribution in [0.3, 0.4) is 0 Å². The van der Waals surface area contributed by atoms with Gasteiger partial charge < -0.3 is 19.2 Å². The van der Waals surface area contributed by atoms with Crippen molar-refractivity contribution in [1.82, 2.24) is 4.58 Å². The van der Waals surface area contributed by atoms with Gasteiger partial charge in [-0.15, -0.1) is 0 Å². The third-order valence-electron chi connectivity index (χ3n) is 5.29. The minimum Gasteiger partial charge on any atom is -0.545 e. The van der Waals surface area contributed by atoms with Gasteiger partial charge >= 0.3 is 6.15 Å². The molecule has 7 heteroatoms. The summed E-state index contributed by atoms with van der Waals surface area (Å²) in [5, 5.41) is 12.3. The van der Waals surface area contributed by atoms with Gasteiger partial charge in [0.1, 0.15) is 29.8 Å². The summed E-state index contributed by atoms with van der Waals surface area (Å²) in [7, 11) is 0. The maximum Gasteiger partial charge on any atom is 0.373 e. The summed E-state index contributed by atoms with van der Waals surface area (Å²) in [6, 6.07) is 14.2. The van der Waals surface area contributed by atoms with Gasteiger partial charge in [-0.25, -0.2) is 4.58 Å². The Morgan fingerprint density at radius 2 is 1.76 bits per heavy atom. The fourth-order valence-corrected chi connectivity index (χ4v) is 3.80. The maximum absolute atomic E-state index is 12.1. The number of anilines is 1. The van der Waals surface area contributed by atoms with Crippen LogP contribution in [-0.4, -0.2) is 38.1 Å². The molecule has 4 aliphatic rings. The van der Waals surface area contributed by atoms with E-state index in [1.807, 2.05) is 0 Å². The average molecular weight is 467 g/mol. The van der Waals surface area contributed by atoms with Crippen molar-refractivity contribution in [2.75, 3.05) is 30.9 Å². The molecule has 3 aliphatic heterocycles. The molecule has 2 saturated heterocycles. The highest BCUT2D eigenvalue weighted by molar-refractivity contribution is 6.07. The monoisotopic (exact) mass is 466 g/mol. The molecule has 3 heterocycles. The fourth-order valence-electron chi connectivity index (χ4n) is 3.80. The summed E-state index contributed by atoms with van der Waals surface area (Å²) in [6.07, 6.45) is -5.44. The van der Waals surface area contributed by atoms with E-state index in [1.54, 1.807) is 6.07 Å². The van der Waals surface area contributed by atoms with Gasteiger partial charge in [0.25, 0.3) is 0 Å². The molecule has 0 unspecified atom stereocenters. The number of fused-ring (bicyclic) bond motifs is 2. The predicted octanol–water partition coefficient (Wildman–Crippen LogP) is 2.37. The molecule has 7 nitrogen and oxygen atoms in total. The average Bonchev–Trinajstić information content (AvgIpc) is 2.95. The first-order chi connectivity index (χ1) is 21.1. The number of hydrogen-bond donors (Lipinski definition) is 0. The highest BCUT2D eigenvalue weighted by atomic mass is 16.4. The van der Waals surface area contributed by atoms with Crippen LogP contribution in [0.5, 0.6) is 0 Å². The van der Waals surface area contributed by atoms with E-state index in [-0.39, 0.29) is 39.7 Å². The first-order valence-electron chi connectivity index (χ1n) is 15.9. The highest BCUT2D eigenvalue weighted by Gasteiger charge is 2.23. The molecular weight excluding hydrogens is 432 g/mol. The van der Waals surface area contributed by atoms with Crippen LogP contribution in [0.2, 0.25) is 0 Å². The van der Waals surface area contributed by atoms with Crippen molar-refractivity contribution >= 4 is 28.8 Å². The van der Waals surface area contributed by atoms with Gasteiger partial charge in [0.05, 0.1) is 18.4 Å². The maximum atomic E-state index is 12.1. The van der Waals surface area contributed by atoms with Crippen molar-refractivity contribution in [1.29, 1.82) is 0 Å². The molecule has 2 aromatic rings. The van der Waals surface area contributed by atoms with Crippen LogP contribution in [0, 0.1) is 0 Å². The first kappa shape index (κ1) is 11.8.